The van der Waals surface area contributed by atoms with Crippen molar-refractivity contribution in [2.45, 2.75) is 70.5 Å². The predicted molar refractivity (Wildman–Crippen MR) is 299 cm³/mol. The van der Waals surface area contributed by atoms with Crippen molar-refractivity contribution in [3.63, 3.8) is 0 Å². The van der Waals surface area contributed by atoms with Crippen molar-refractivity contribution in [3.8, 4) is 0 Å². The van der Waals surface area contributed by atoms with E-state index in [9.17, 15) is 9.59 Å². The molecule has 9 heteroatoms. The lowest BCUT2D eigenvalue weighted by atomic mass is 9.84. The number of thioether (sulfide) groups is 1. The van der Waals surface area contributed by atoms with Gasteiger partial charge in [-0.25, -0.2) is 0 Å². The summed E-state index contributed by atoms with van der Waals surface area (Å²) in [7, 11) is -1.71. The van der Waals surface area contributed by atoms with E-state index in [1.807, 2.05) is 36.9 Å². The minimum absolute atomic E-state index is 0.0287. The molecule has 1 amide bonds. The summed E-state index contributed by atoms with van der Waals surface area (Å²) in [5.41, 5.74) is 6.71. The van der Waals surface area contributed by atoms with Crippen LogP contribution in [0.3, 0.4) is 0 Å². The monoisotopic (exact) mass is 1020 g/mol. The molecule has 2 aliphatic heterocycles. The lowest BCUT2D eigenvalue weighted by Crippen LogP contribution is -2.45. The number of nitrogens with one attached hydrogen (secondary N) is 1. The molecule has 2 unspecified atom stereocenters. The maximum absolute atomic E-state index is 14.5. The van der Waals surface area contributed by atoms with E-state index in [2.05, 4.69) is 197 Å². The molecule has 0 saturated carbocycles. The van der Waals surface area contributed by atoms with Crippen LogP contribution in [0.4, 0.5) is 0 Å². The van der Waals surface area contributed by atoms with E-state index in [0.717, 1.165) is 67.0 Å². The van der Waals surface area contributed by atoms with Crippen LogP contribution in [0.2, 0.25) is 10.0 Å². The van der Waals surface area contributed by atoms with Crippen LogP contribution in [0.25, 0.3) is 5.57 Å². The molecule has 2 atom stereocenters. The highest BCUT2D eigenvalue weighted by Gasteiger charge is 2.43. The van der Waals surface area contributed by atoms with Crippen LogP contribution < -0.4 is 5.32 Å². The Hall–Kier alpha value is -5.38. The number of hydrogen-bond acceptors (Lipinski definition) is 5. The Morgan fingerprint density at radius 3 is 1.66 bits per heavy atom. The Morgan fingerprint density at radius 2 is 1.17 bits per heavy atom. The number of nitrogens with zero attached hydrogens (tertiary/aromatic N) is 2. The van der Waals surface area contributed by atoms with Gasteiger partial charge in [-0.3, -0.25) is 19.4 Å². The molecule has 7 aromatic carbocycles. The van der Waals surface area contributed by atoms with E-state index >= 15 is 0 Å². The van der Waals surface area contributed by atoms with Crippen LogP contribution >= 0.6 is 45.0 Å². The van der Waals surface area contributed by atoms with Crippen molar-refractivity contribution in [2.24, 2.45) is 0 Å². The smallest absolute Gasteiger partial charge is 0.234 e. The number of carbonyl (C=O) groups is 2. The molecule has 2 bridgehead atoms. The highest BCUT2D eigenvalue weighted by Crippen LogP contribution is 2.67. The zero-order valence-electron chi connectivity index (χ0n) is 40.5. The van der Waals surface area contributed by atoms with Gasteiger partial charge < -0.3 is 5.32 Å². The molecule has 2 aliphatic rings. The van der Waals surface area contributed by atoms with E-state index in [4.69, 9.17) is 23.2 Å². The number of benzene rings is 7. The van der Waals surface area contributed by atoms with Crippen LogP contribution in [0.5, 0.6) is 0 Å². The molecule has 0 aromatic heterocycles. The maximum Gasteiger partial charge on any atom is 0.234 e. The number of halogens is 2. The second kappa shape index (κ2) is 23.9. The van der Waals surface area contributed by atoms with Crippen molar-refractivity contribution in [1.82, 2.24) is 15.1 Å². The molecular weight excluding hydrogens is 954 g/mol. The molecule has 5 nitrogen and oxygen atoms in total. The summed E-state index contributed by atoms with van der Waals surface area (Å²) in [6.07, 6.45) is 4.12. The van der Waals surface area contributed by atoms with Crippen LogP contribution in [0.15, 0.2) is 220 Å². The lowest BCUT2D eigenvalue weighted by Gasteiger charge is -2.41. The van der Waals surface area contributed by atoms with Gasteiger partial charge in [-0.05, 0) is 123 Å². The molecule has 9 rings (SSSR count). The fourth-order valence-corrected chi connectivity index (χ4v) is 16.7. The first-order chi connectivity index (χ1) is 34.8. The quantitative estimate of drug-likeness (QED) is 0.0686. The summed E-state index contributed by atoms with van der Waals surface area (Å²) in [5.74, 6) is 1.79. The van der Waals surface area contributed by atoms with E-state index < -0.39 is 14.8 Å². The zero-order chi connectivity index (χ0) is 49.0. The van der Waals surface area contributed by atoms with Gasteiger partial charge in [-0.2, -0.15) is 10.0 Å². The van der Waals surface area contributed by atoms with Crippen LogP contribution in [-0.4, -0.2) is 77.8 Å². The molecule has 1 N–H and O–H groups in total. The number of rotatable bonds is 22. The van der Waals surface area contributed by atoms with Gasteiger partial charge in [0.15, 0.2) is 5.78 Å². The fourth-order valence-electron chi connectivity index (χ4n) is 11.0. The summed E-state index contributed by atoms with van der Waals surface area (Å²) in [4.78, 5) is 37.1. The zero-order valence-corrected chi connectivity index (χ0v) is 43.6. The van der Waals surface area contributed by atoms with Crippen LogP contribution in [-0.2, 0) is 14.3 Å². The third-order valence-corrected chi connectivity index (χ3v) is 20.6. The van der Waals surface area contributed by atoms with E-state index in [1.54, 1.807) is 0 Å². The van der Waals surface area contributed by atoms with E-state index in [1.165, 1.54) is 31.4 Å². The average Bonchev–Trinajstić information content (AvgIpc) is 3.70. The average molecular weight is 1020 g/mol. The van der Waals surface area contributed by atoms with Crippen molar-refractivity contribution >= 4 is 62.3 Å². The number of ketones is 1. The molecule has 71 heavy (non-hydrogen) atoms. The number of Topliss-reactive ketones (excluding diaryl/α,β-unsaturated/α-hetero) is 1. The van der Waals surface area contributed by atoms with Gasteiger partial charge in [0.2, 0.25) is 5.91 Å². The van der Waals surface area contributed by atoms with Gasteiger partial charge in [0, 0.05) is 55.2 Å². The first-order valence-corrected chi connectivity index (χ1v) is 28.6. The first-order valence-electron chi connectivity index (χ1n) is 25.0. The summed E-state index contributed by atoms with van der Waals surface area (Å²) in [6, 6.07) is 71.1. The molecule has 7 aromatic rings. The van der Waals surface area contributed by atoms with Gasteiger partial charge in [0.05, 0.1) is 21.3 Å². The Balaban J connectivity index is 0.972. The Bertz CT molecular complexity index is 2680. The van der Waals surface area contributed by atoms with Gasteiger partial charge in [-0.15, -0.1) is 11.8 Å². The highest BCUT2D eigenvalue weighted by molar-refractivity contribution is 8.33. The summed E-state index contributed by atoms with van der Waals surface area (Å²) < 4.78 is -0.469. The SMILES string of the molecule is CCC(=O)C1=C(c2ccc(Cl)c(Cl)c2)CC2CCC1N2CCCN(CCSC(c1ccccc1)(c1ccccc1)c1ccccc1)CC(=O)NCCS(c1ccccc1)(c1ccccc1)c1ccccc1. The van der Waals surface area contributed by atoms with E-state index in [-0.39, 0.29) is 24.3 Å². The van der Waals surface area contributed by atoms with Gasteiger partial charge in [0.25, 0.3) is 0 Å². The second-order valence-electron chi connectivity index (χ2n) is 18.5. The molecule has 1 fully saturated rings. The van der Waals surface area contributed by atoms with Gasteiger partial charge >= 0.3 is 0 Å². The summed E-state index contributed by atoms with van der Waals surface area (Å²) >= 11 is 14.8. The third kappa shape index (κ3) is 11.2. The molecule has 0 spiro atoms. The summed E-state index contributed by atoms with van der Waals surface area (Å²) in [6.45, 7) is 5.08. The molecule has 2 heterocycles. The minimum atomic E-state index is -1.71. The fraction of sp³-hybridized carbons (Fsp3) is 0.258. The largest absolute Gasteiger partial charge is 0.354 e. The van der Waals surface area contributed by atoms with Gasteiger partial charge in [-0.1, -0.05) is 182 Å². The molecule has 364 valence electrons. The Labute approximate surface area is 437 Å². The predicted octanol–water partition coefficient (Wildman–Crippen LogP) is 14.5. The van der Waals surface area contributed by atoms with E-state index in [0.29, 0.717) is 35.6 Å². The normalized spacial score (nSPS) is 16.3. The van der Waals surface area contributed by atoms with Crippen LogP contribution in [0, 0.1) is 0 Å². The molecule has 0 radical (unpaired) electrons. The van der Waals surface area contributed by atoms with Crippen molar-refractivity contribution < 1.29 is 9.59 Å². The molecule has 0 aliphatic carbocycles. The maximum atomic E-state index is 14.5. The minimum Gasteiger partial charge on any atom is -0.354 e. The number of carbonyl (C=O) groups excluding carboxylic acids is 2. The first kappa shape index (κ1) is 50.6. The molecular formula is C62H63Cl2N3O2S2. The van der Waals surface area contributed by atoms with Crippen LogP contribution in [0.1, 0.15) is 61.3 Å². The summed E-state index contributed by atoms with van der Waals surface area (Å²) in [5, 5.41) is 4.47. The third-order valence-electron chi connectivity index (χ3n) is 14.3. The topological polar surface area (TPSA) is 52.7 Å². The number of amides is 1. The lowest BCUT2D eigenvalue weighted by molar-refractivity contribution is -0.122. The highest BCUT2D eigenvalue weighted by atomic mass is 35.5. The Morgan fingerprint density at radius 1 is 0.662 bits per heavy atom. The van der Waals surface area contributed by atoms with Crippen molar-refractivity contribution in [3.05, 3.63) is 238 Å². The van der Waals surface area contributed by atoms with Crippen molar-refractivity contribution in [2.75, 3.05) is 44.2 Å². The van der Waals surface area contributed by atoms with Crippen molar-refractivity contribution in [1.29, 1.82) is 0 Å². The number of hydrogen-bond donors (Lipinski definition) is 1. The van der Waals surface area contributed by atoms with Gasteiger partial charge in [0.1, 0.15) is 0 Å². The standard InChI is InChI=1S/C62H63Cl2N3O2S2/c1-2-59(68)61-55(47-34-36-56(63)57(64)44-47)45-51-35-37-58(61)67(51)40-21-39-66(41-42-70-62(48-22-9-3-10-23-48,49-24-11-4-12-25-49)50-26-13-5-14-27-50)46-60(69)65-38-43-71(52-28-15-6-16-29-52,53-30-17-7-18-31-53)54-32-19-8-20-33-54/h3-20,22-34,36,44,51,58H,2,21,35,37-43,45-46H2,1H3,(H,65,69). The molecule has 1 saturated heterocycles. The second-order valence-corrected chi connectivity index (χ2v) is 23.9. The Kier molecular flexibility index (Phi) is 17.0. The number of fused-ring (bicyclic) bond motifs is 2.